The van der Waals surface area contributed by atoms with Gasteiger partial charge in [-0.2, -0.15) is 0 Å². The summed E-state index contributed by atoms with van der Waals surface area (Å²) in [5.41, 5.74) is 2.36. The molecule has 1 aliphatic heterocycles. The van der Waals surface area contributed by atoms with Crippen molar-refractivity contribution < 1.29 is 14.8 Å². The molecule has 0 saturated carbocycles. The highest BCUT2D eigenvalue weighted by Gasteiger charge is 2.30. The average Bonchev–Trinajstić information content (AvgIpc) is 3.03. The highest BCUT2D eigenvalue weighted by molar-refractivity contribution is 9.10. The Morgan fingerprint density at radius 2 is 2.00 bits per heavy atom. The SMILES string of the molecule is CN(C)c1ccc([C@H]2[NH2+]C[C@H](COc3ccc(Cl)cc3Br)O2)cc1. The van der Waals surface area contributed by atoms with Crippen LogP contribution in [0.4, 0.5) is 5.69 Å². The van der Waals surface area contributed by atoms with Gasteiger partial charge in [-0.05, 0) is 58.4 Å². The molecule has 0 amide bonds. The number of benzene rings is 2. The second-order valence-corrected chi connectivity index (χ2v) is 7.31. The number of halogens is 2. The zero-order valence-electron chi connectivity index (χ0n) is 13.7. The van der Waals surface area contributed by atoms with Gasteiger partial charge in [-0.15, -0.1) is 0 Å². The van der Waals surface area contributed by atoms with Crippen LogP contribution in [0.1, 0.15) is 11.8 Å². The standard InChI is InChI=1S/C18H20BrClN2O2/c1-22(2)14-6-3-12(4-7-14)18-21-10-15(24-18)11-23-17-8-5-13(20)9-16(17)19/h3-9,15,18,21H,10-11H2,1-2H3/p+1/t15-,18+/m1/s1. The number of hydrogen-bond donors (Lipinski definition) is 1. The summed E-state index contributed by atoms with van der Waals surface area (Å²) < 4.78 is 12.8. The molecule has 2 aromatic rings. The van der Waals surface area contributed by atoms with Crippen LogP contribution in [0.2, 0.25) is 5.02 Å². The predicted octanol–water partition coefficient (Wildman–Crippen LogP) is 3.21. The smallest absolute Gasteiger partial charge is 0.217 e. The van der Waals surface area contributed by atoms with Gasteiger partial charge in [-0.25, -0.2) is 0 Å². The maximum Gasteiger partial charge on any atom is 0.217 e. The Morgan fingerprint density at radius 3 is 2.67 bits per heavy atom. The first-order valence-corrected chi connectivity index (χ1v) is 9.04. The van der Waals surface area contributed by atoms with Crippen LogP contribution in [-0.4, -0.2) is 33.4 Å². The molecule has 24 heavy (non-hydrogen) atoms. The molecule has 1 fully saturated rings. The lowest BCUT2D eigenvalue weighted by Crippen LogP contribution is -2.82. The van der Waals surface area contributed by atoms with Gasteiger partial charge in [0.2, 0.25) is 6.23 Å². The Labute approximate surface area is 155 Å². The first kappa shape index (κ1) is 17.5. The monoisotopic (exact) mass is 411 g/mol. The van der Waals surface area contributed by atoms with E-state index in [0.717, 1.165) is 16.8 Å². The van der Waals surface area contributed by atoms with Crippen molar-refractivity contribution in [3.05, 3.63) is 57.5 Å². The zero-order chi connectivity index (χ0) is 17.1. The Bertz CT molecular complexity index is 694. The normalized spacial score (nSPS) is 20.2. The summed E-state index contributed by atoms with van der Waals surface area (Å²) in [4.78, 5) is 2.09. The molecular weight excluding hydrogens is 392 g/mol. The van der Waals surface area contributed by atoms with Gasteiger partial charge in [0.05, 0.1) is 4.47 Å². The first-order chi connectivity index (χ1) is 11.5. The molecule has 1 saturated heterocycles. The molecule has 0 aliphatic carbocycles. The minimum absolute atomic E-state index is 0.0310. The molecule has 2 N–H and O–H groups in total. The Balaban J connectivity index is 1.55. The molecule has 128 valence electrons. The van der Waals surface area contributed by atoms with Gasteiger partial charge in [0.25, 0.3) is 0 Å². The van der Waals surface area contributed by atoms with Crippen LogP contribution in [0, 0.1) is 0 Å². The van der Waals surface area contributed by atoms with Crippen molar-refractivity contribution in [1.82, 2.24) is 0 Å². The van der Waals surface area contributed by atoms with E-state index in [2.05, 4.69) is 50.4 Å². The average molecular weight is 413 g/mol. The molecule has 6 heteroatoms. The predicted molar refractivity (Wildman–Crippen MR) is 99.8 cm³/mol. The van der Waals surface area contributed by atoms with Crippen LogP contribution < -0.4 is 15.0 Å². The number of hydrogen-bond acceptors (Lipinski definition) is 3. The highest BCUT2D eigenvalue weighted by atomic mass is 79.9. The van der Waals surface area contributed by atoms with E-state index in [0.29, 0.717) is 11.6 Å². The van der Waals surface area contributed by atoms with E-state index in [1.54, 1.807) is 0 Å². The summed E-state index contributed by atoms with van der Waals surface area (Å²) >= 11 is 9.41. The van der Waals surface area contributed by atoms with E-state index in [4.69, 9.17) is 21.1 Å². The third kappa shape index (κ3) is 4.22. The lowest BCUT2D eigenvalue weighted by Gasteiger charge is -2.14. The Hall–Kier alpha value is -1.27. The number of nitrogens with zero attached hydrogens (tertiary/aromatic N) is 1. The maximum atomic E-state index is 6.10. The zero-order valence-corrected chi connectivity index (χ0v) is 16.0. The van der Waals surface area contributed by atoms with E-state index in [9.17, 15) is 0 Å². The molecule has 1 aliphatic rings. The second-order valence-electron chi connectivity index (χ2n) is 6.02. The van der Waals surface area contributed by atoms with E-state index in [-0.39, 0.29) is 12.3 Å². The molecule has 3 rings (SSSR count). The molecular formula is C18H21BrClN2O2+. The summed E-state index contributed by atoms with van der Waals surface area (Å²) in [5.74, 6) is 0.779. The van der Waals surface area contributed by atoms with E-state index in [1.807, 2.05) is 32.3 Å². The lowest BCUT2D eigenvalue weighted by molar-refractivity contribution is -0.697. The van der Waals surface area contributed by atoms with Gasteiger partial charge in [-0.3, -0.25) is 0 Å². The van der Waals surface area contributed by atoms with Crippen LogP contribution in [0.15, 0.2) is 46.9 Å². The van der Waals surface area contributed by atoms with Crippen LogP contribution in [0.25, 0.3) is 0 Å². The van der Waals surface area contributed by atoms with Gasteiger partial charge in [0.15, 0.2) is 0 Å². The molecule has 1 heterocycles. The third-order valence-electron chi connectivity index (χ3n) is 4.01. The van der Waals surface area contributed by atoms with Crippen LogP contribution in [-0.2, 0) is 4.74 Å². The van der Waals surface area contributed by atoms with Gasteiger partial charge >= 0.3 is 0 Å². The molecule has 0 bridgehead atoms. The number of ether oxygens (including phenoxy) is 2. The molecule has 0 radical (unpaired) electrons. The van der Waals surface area contributed by atoms with Gasteiger partial charge in [-0.1, -0.05) is 11.6 Å². The lowest BCUT2D eigenvalue weighted by atomic mass is 10.2. The summed E-state index contributed by atoms with van der Waals surface area (Å²) in [6, 6.07) is 14.0. The summed E-state index contributed by atoms with van der Waals surface area (Å²) in [6.45, 7) is 1.40. The van der Waals surface area contributed by atoms with Gasteiger partial charge < -0.3 is 19.7 Å². The quantitative estimate of drug-likeness (QED) is 0.819. The summed E-state index contributed by atoms with van der Waals surface area (Å²) in [7, 11) is 4.07. The van der Waals surface area contributed by atoms with Gasteiger partial charge in [0.1, 0.15) is 25.0 Å². The topological polar surface area (TPSA) is 38.3 Å². The molecule has 0 unspecified atom stereocenters. The Morgan fingerprint density at radius 1 is 1.25 bits per heavy atom. The second kappa shape index (κ2) is 7.74. The molecule has 0 spiro atoms. The summed E-state index contributed by atoms with van der Waals surface area (Å²) in [5, 5.41) is 2.89. The number of rotatable bonds is 5. The molecule has 0 aromatic heterocycles. The van der Waals surface area contributed by atoms with Crippen molar-refractivity contribution in [2.24, 2.45) is 0 Å². The fraction of sp³-hybridized carbons (Fsp3) is 0.333. The van der Waals surface area contributed by atoms with Crippen molar-refractivity contribution in [1.29, 1.82) is 0 Å². The fourth-order valence-corrected chi connectivity index (χ4v) is 3.45. The molecule has 2 atom stereocenters. The largest absolute Gasteiger partial charge is 0.489 e. The van der Waals surface area contributed by atoms with Crippen LogP contribution in [0.3, 0.4) is 0 Å². The van der Waals surface area contributed by atoms with Gasteiger partial charge in [0, 0.05) is 30.4 Å². The summed E-state index contributed by atoms with van der Waals surface area (Å²) in [6.07, 6.45) is 0.0922. The first-order valence-electron chi connectivity index (χ1n) is 7.87. The maximum absolute atomic E-state index is 6.10. The highest BCUT2D eigenvalue weighted by Crippen LogP contribution is 2.28. The van der Waals surface area contributed by atoms with Crippen LogP contribution >= 0.6 is 27.5 Å². The fourth-order valence-electron chi connectivity index (χ4n) is 2.65. The van der Waals surface area contributed by atoms with Crippen molar-refractivity contribution >= 4 is 33.2 Å². The molecule has 4 nitrogen and oxygen atoms in total. The number of anilines is 1. The van der Waals surface area contributed by atoms with Crippen molar-refractivity contribution in [2.75, 3.05) is 32.1 Å². The minimum Gasteiger partial charge on any atom is -0.489 e. The minimum atomic E-state index is 0.0310. The number of nitrogens with two attached hydrogens (primary N) is 1. The Kier molecular flexibility index (Phi) is 5.66. The van der Waals surface area contributed by atoms with Crippen molar-refractivity contribution in [3.8, 4) is 5.75 Å². The van der Waals surface area contributed by atoms with E-state index in [1.165, 1.54) is 11.3 Å². The van der Waals surface area contributed by atoms with Crippen molar-refractivity contribution in [2.45, 2.75) is 12.3 Å². The van der Waals surface area contributed by atoms with Crippen molar-refractivity contribution in [3.63, 3.8) is 0 Å². The van der Waals surface area contributed by atoms with E-state index < -0.39 is 0 Å². The van der Waals surface area contributed by atoms with E-state index >= 15 is 0 Å². The molecule has 2 aromatic carbocycles. The third-order valence-corrected chi connectivity index (χ3v) is 4.86. The van der Waals surface area contributed by atoms with Crippen LogP contribution in [0.5, 0.6) is 5.75 Å². The number of quaternary nitrogens is 1.